The lowest BCUT2D eigenvalue weighted by atomic mass is 9.95. The molecule has 1 aliphatic rings. The number of nitrogens with one attached hydrogen (secondary N) is 2. The van der Waals surface area contributed by atoms with Gasteiger partial charge in [-0.3, -0.25) is 0 Å². The summed E-state index contributed by atoms with van der Waals surface area (Å²) in [5.41, 5.74) is 4.78. The van der Waals surface area contributed by atoms with E-state index in [1.165, 1.54) is 0 Å². The summed E-state index contributed by atoms with van der Waals surface area (Å²) in [5, 5.41) is 4.93. The molecular weight excluding hydrogens is 334 g/mol. The number of hydrogen-bond donors (Lipinski definition) is 2. The molecule has 2 amide bonds. The second-order valence-electron chi connectivity index (χ2n) is 6.50. The number of thiazole rings is 1. The SMILES string of the molecule is O=C(NCc1cscn1)N1CCC[C@H](Cc2nc3ccccc3[nH]2)C1. The minimum Gasteiger partial charge on any atom is -0.342 e. The van der Waals surface area contributed by atoms with Gasteiger partial charge in [-0.15, -0.1) is 11.3 Å². The van der Waals surface area contributed by atoms with Crippen molar-refractivity contribution in [1.29, 1.82) is 0 Å². The number of benzene rings is 1. The van der Waals surface area contributed by atoms with Crippen LogP contribution in [0.5, 0.6) is 0 Å². The molecular formula is C18H21N5OS. The molecule has 1 saturated heterocycles. The lowest BCUT2D eigenvalue weighted by molar-refractivity contribution is 0.164. The highest BCUT2D eigenvalue weighted by Gasteiger charge is 2.24. The highest BCUT2D eigenvalue weighted by Crippen LogP contribution is 2.21. The lowest BCUT2D eigenvalue weighted by Gasteiger charge is -2.32. The lowest BCUT2D eigenvalue weighted by Crippen LogP contribution is -2.45. The molecule has 1 fully saturated rings. The van der Waals surface area contributed by atoms with Crippen molar-refractivity contribution in [2.45, 2.75) is 25.8 Å². The molecule has 4 rings (SSSR count). The number of aromatic nitrogens is 3. The molecule has 0 radical (unpaired) electrons. The summed E-state index contributed by atoms with van der Waals surface area (Å²) >= 11 is 1.54. The van der Waals surface area contributed by atoms with E-state index in [1.54, 1.807) is 16.8 Å². The third-order valence-electron chi connectivity index (χ3n) is 4.63. The van der Waals surface area contributed by atoms with Gasteiger partial charge in [0.15, 0.2) is 0 Å². The number of piperidine rings is 1. The Labute approximate surface area is 150 Å². The minimum atomic E-state index is 0.00214. The predicted octanol–water partition coefficient (Wildman–Crippen LogP) is 3.18. The molecule has 1 atom stereocenters. The van der Waals surface area contributed by atoms with E-state index in [1.807, 2.05) is 34.5 Å². The smallest absolute Gasteiger partial charge is 0.317 e. The molecule has 1 aliphatic heterocycles. The zero-order valence-electron chi connectivity index (χ0n) is 13.9. The van der Waals surface area contributed by atoms with Crippen molar-refractivity contribution in [1.82, 2.24) is 25.2 Å². The number of carbonyl (C=O) groups excluding carboxylic acids is 1. The van der Waals surface area contributed by atoms with Crippen LogP contribution in [0.1, 0.15) is 24.4 Å². The van der Waals surface area contributed by atoms with Crippen LogP contribution in [0.25, 0.3) is 11.0 Å². The van der Waals surface area contributed by atoms with Gasteiger partial charge in [0.2, 0.25) is 0 Å². The fourth-order valence-corrected chi connectivity index (χ4v) is 3.95. The molecule has 2 aromatic heterocycles. The maximum absolute atomic E-state index is 12.4. The number of rotatable bonds is 4. The number of nitrogens with zero attached hydrogens (tertiary/aromatic N) is 3. The normalized spacial score (nSPS) is 17.8. The standard InChI is InChI=1S/C18H21N5OS/c24-18(19-9-14-11-25-12-20-14)23-7-3-4-13(10-23)8-17-21-15-5-1-2-6-16(15)22-17/h1-2,5-6,11-13H,3-4,7-10H2,(H,19,24)(H,21,22)/t13-/m1/s1. The third-order valence-corrected chi connectivity index (χ3v) is 5.27. The van der Waals surface area contributed by atoms with Gasteiger partial charge in [-0.1, -0.05) is 12.1 Å². The van der Waals surface area contributed by atoms with Crippen LogP contribution in [0.15, 0.2) is 35.2 Å². The number of hydrogen-bond acceptors (Lipinski definition) is 4. The van der Waals surface area contributed by atoms with Crippen LogP contribution in [0.2, 0.25) is 0 Å². The first-order valence-electron chi connectivity index (χ1n) is 8.61. The van der Waals surface area contributed by atoms with Crippen molar-refractivity contribution in [2.24, 2.45) is 5.92 Å². The van der Waals surface area contributed by atoms with Crippen molar-refractivity contribution in [3.63, 3.8) is 0 Å². The Morgan fingerprint density at radius 1 is 1.40 bits per heavy atom. The van der Waals surface area contributed by atoms with Crippen molar-refractivity contribution < 1.29 is 4.79 Å². The van der Waals surface area contributed by atoms with Crippen LogP contribution < -0.4 is 5.32 Å². The number of imidazole rings is 1. The van der Waals surface area contributed by atoms with Crippen LogP contribution in [0, 0.1) is 5.92 Å². The number of amides is 2. The molecule has 3 heterocycles. The summed E-state index contributed by atoms with van der Waals surface area (Å²) in [5.74, 6) is 1.45. The minimum absolute atomic E-state index is 0.00214. The van der Waals surface area contributed by atoms with Crippen LogP contribution in [0.4, 0.5) is 4.79 Å². The van der Waals surface area contributed by atoms with Gasteiger partial charge in [-0.05, 0) is 30.9 Å². The molecule has 3 aromatic rings. The Morgan fingerprint density at radius 2 is 2.32 bits per heavy atom. The molecule has 0 aliphatic carbocycles. The average Bonchev–Trinajstić information content (AvgIpc) is 3.28. The fraction of sp³-hybridized carbons (Fsp3) is 0.389. The number of likely N-dealkylation sites (tertiary alicyclic amines) is 1. The van der Waals surface area contributed by atoms with E-state index in [0.29, 0.717) is 12.5 Å². The van der Waals surface area contributed by atoms with Crippen molar-refractivity contribution in [3.8, 4) is 0 Å². The van der Waals surface area contributed by atoms with Gasteiger partial charge >= 0.3 is 6.03 Å². The maximum atomic E-state index is 12.4. The van der Waals surface area contributed by atoms with E-state index in [-0.39, 0.29) is 6.03 Å². The molecule has 1 aromatic carbocycles. The first kappa shape index (κ1) is 16.1. The Kier molecular flexibility index (Phi) is 4.65. The highest BCUT2D eigenvalue weighted by molar-refractivity contribution is 7.07. The summed E-state index contributed by atoms with van der Waals surface area (Å²) < 4.78 is 0. The topological polar surface area (TPSA) is 73.9 Å². The monoisotopic (exact) mass is 355 g/mol. The van der Waals surface area contributed by atoms with Crippen LogP contribution in [-0.2, 0) is 13.0 Å². The average molecular weight is 355 g/mol. The zero-order valence-corrected chi connectivity index (χ0v) is 14.8. The van der Waals surface area contributed by atoms with Crippen molar-refractivity contribution in [2.75, 3.05) is 13.1 Å². The number of H-pyrrole nitrogens is 1. The van der Waals surface area contributed by atoms with Gasteiger partial charge in [0.05, 0.1) is 28.8 Å². The summed E-state index contributed by atoms with van der Waals surface area (Å²) in [6.45, 7) is 2.09. The molecule has 25 heavy (non-hydrogen) atoms. The molecule has 0 spiro atoms. The summed E-state index contributed by atoms with van der Waals surface area (Å²) in [4.78, 5) is 26.6. The molecule has 7 heteroatoms. The Balaban J connectivity index is 1.34. The largest absolute Gasteiger partial charge is 0.342 e. The van der Waals surface area contributed by atoms with Gasteiger partial charge in [-0.25, -0.2) is 14.8 Å². The quantitative estimate of drug-likeness (QED) is 0.755. The number of aromatic amines is 1. The van der Waals surface area contributed by atoms with Crippen LogP contribution >= 0.6 is 11.3 Å². The zero-order chi connectivity index (χ0) is 17.1. The summed E-state index contributed by atoms with van der Waals surface area (Å²) in [7, 11) is 0. The van der Waals surface area contributed by atoms with Gasteiger partial charge in [0.25, 0.3) is 0 Å². The number of carbonyl (C=O) groups is 1. The van der Waals surface area contributed by atoms with E-state index < -0.39 is 0 Å². The Bertz CT molecular complexity index is 811. The first-order chi connectivity index (χ1) is 12.3. The number of para-hydroxylation sites is 2. The van der Waals surface area contributed by atoms with E-state index >= 15 is 0 Å². The fourth-order valence-electron chi connectivity index (χ4n) is 3.39. The van der Waals surface area contributed by atoms with E-state index in [0.717, 1.165) is 54.9 Å². The van der Waals surface area contributed by atoms with Crippen molar-refractivity contribution >= 4 is 28.4 Å². The Hall–Kier alpha value is -2.41. The number of fused-ring (bicyclic) bond motifs is 1. The van der Waals surface area contributed by atoms with E-state index in [9.17, 15) is 4.79 Å². The molecule has 2 N–H and O–H groups in total. The highest BCUT2D eigenvalue weighted by atomic mass is 32.1. The predicted molar refractivity (Wildman–Crippen MR) is 98.4 cm³/mol. The van der Waals surface area contributed by atoms with Gasteiger partial charge in [0.1, 0.15) is 5.82 Å². The first-order valence-corrected chi connectivity index (χ1v) is 9.55. The van der Waals surface area contributed by atoms with Gasteiger partial charge in [0, 0.05) is 24.9 Å². The molecule has 0 saturated carbocycles. The summed E-state index contributed by atoms with van der Waals surface area (Å²) in [6.07, 6.45) is 3.05. The molecule has 6 nitrogen and oxygen atoms in total. The van der Waals surface area contributed by atoms with Gasteiger partial charge in [-0.2, -0.15) is 0 Å². The van der Waals surface area contributed by atoms with Crippen molar-refractivity contribution in [3.05, 3.63) is 46.7 Å². The van der Waals surface area contributed by atoms with E-state index in [2.05, 4.69) is 20.3 Å². The molecule has 130 valence electrons. The second kappa shape index (κ2) is 7.23. The van der Waals surface area contributed by atoms with Gasteiger partial charge < -0.3 is 15.2 Å². The third kappa shape index (κ3) is 3.82. The van der Waals surface area contributed by atoms with Crippen LogP contribution in [0.3, 0.4) is 0 Å². The van der Waals surface area contributed by atoms with E-state index in [4.69, 9.17) is 0 Å². The second-order valence-corrected chi connectivity index (χ2v) is 7.22. The molecule has 0 unspecified atom stereocenters. The van der Waals surface area contributed by atoms with Crippen LogP contribution in [-0.4, -0.2) is 39.0 Å². The maximum Gasteiger partial charge on any atom is 0.317 e. The number of urea groups is 1. The molecule has 0 bridgehead atoms. The summed E-state index contributed by atoms with van der Waals surface area (Å²) in [6, 6.07) is 8.09. The Morgan fingerprint density at radius 3 is 3.16 bits per heavy atom.